The van der Waals surface area contributed by atoms with Crippen molar-refractivity contribution in [3.05, 3.63) is 15.4 Å². The second kappa shape index (κ2) is 5.77. The van der Waals surface area contributed by atoms with Crippen LogP contribution in [0.5, 0.6) is 0 Å². The first kappa shape index (κ1) is 18.3. The molecule has 1 saturated carbocycles. The third-order valence-corrected chi connectivity index (χ3v) is 7.63. The zero-order valence-corrected chi connectivity index (χ0v) is 16.6. The fourth-order valence-corrected chi connectivity index (χ4v) is 5.03. The van der Waals surface area contributed by atoms with Gasteiger partial charge in [-0.25, -0.2) is 0 Å². The van der Waals surface area contributed by atoms with E-state index in [-0.39, 0.29) is 11.9 Å². The number of nitrogens with zero attached hydrogens (tertiary/aromatic N) is 2. The quantitative estimate of drug-likeness (QED) is 0.767. The summed E-state index contributed by atoms with van der Waals surface area (Å²) in [5, 5.41) is 0. The summed E-state index contributed by atoms with van der Waals surface area (Å²) >= 11 is 1.48. The van der Waals surface area contributed by atoms with E-state index >= 15 is 0 Å². The zero-order chi connectivity index (χ0) is 18.6. The van der Waals surface area contributed by atoms with Crippen LogP contribution < -0.4 is 4.80 Å². The van der Waals surface area contributed by atoms with Gasteiger partial charge in [-0.15, -0.1) is 11.3 Å². The number of aromatic nitrogens is 1. The van der Waals surface area contributed by atoms with E-state index in [0.717, 1.165) is 10.6 Å². The lowest BCUT2D eigenvalue weighted by atomic mass is 9.66. The molecule has 3 rings (SSSR count). The lowest BCUT2D eigenvalue weighted by molar-refractivity contribution is -0.166. The highest BCUT2D eigenvalue weighted by Gasteiger charge is 2.75. The topological polar surface area (TPSA) is 69.9 Å². The number of hydrogen-bond acceptors (Lipinski definition) is 5. The number of methoxy groups -OCH3 is 1. The molecule has 2 aliphatic rings. The Morgan fingerprint density at radius 1 is 1.32 bits per heavy atom. The Morgan fingerprint density at radius 3 is 2.52 bits per heavy atom. The summed E-state index contributed by atoms with van der Waals surface area (Å²) in [7, 11) is 1.65. The average molecular weight is 366 g/mol. The molecule has 25 heavy (non-hydrogen) atoms. The molecular formula is C18H26N2O4S. The van der Waals surface area contributed by atoms with Crippen molar-refractivity contribution in [1.82, 2.24) is 4.57 Å². The monoisotopic (exact) mass is 366 g/mol. The zero-order valence-electron chi connectivity index (χ0n) is 15.8. The van der Waals surface area contributed by atoms with Crippen molar-refractivity contribution in [2.45, 2.75) is 59.6 Å². The first-order valence-corrected chi connectivity index (χ1v) is 9.41. The number of carbonyl (C=O) groups excluding carboxylic acids is 2. The summed E-state index contributed by atoms with van der Waals surface area (Å²) in [5.74, 6) is -0.627. The minimum atomic E-state index is -1.15. The predicted octanol–water partition coefficient (Wildman–Crippen LogP) is 2.36. The van der Waals surface area contributed by atoms with Crippen molar-refractivity contribution in [1.29, 1.82) is 0 Å². The maximum atomic E-state index is 13.2. The molecule has 7 heteroatoms. The lowest BCUT2D eigenvalue weighted by Gasteiger charge is -2.33. The summed E-state index contributed by atoms with van der Waals surface area (Å²) in [6, 6.07) is 0. The Morgan fingerprint density at radius 2 is 2.00 bits per heavy atom. The van der Waals surface area contributed by atoms with Gasteiger partial charge in [0.05, 0.1) is 12.0 Å². The van der Waals surface area contributed by atoms with Crippen LogP contribution in [-0.2, 0) is 25.6 Å². The van der Waals surface area contributed by atoms with E-state index in [1.54, 1.807) is 7.11 Å². The summed E-state index contributed by atoms with van der Waals surface area (Å²) in [5.41, 5.74) is -1.27. The molecule has 0 aromatic carbocycles. The van der Waals surface area contributed by atoms with E-state index in [1.807, 2.05) is 39.2 Å². The Bertz CT molecular complexity index is 806. The molecule has 0 N–H and O–H groups in total. The van der Waals surface area contributed by atoms with Crippen LogP contribution in [0.15, 0.2) is 4.99 Å². The van der Waals surface area contributed by atoms with Gasteiger partial charge in [0.2, 0.25) is 0 Å². The van der Waals surface area contributed by atoms with Gasteiger partial charge in [0.15, 0.2) is 10.4 Å². The normalized spacial score (nSPS) is 30.8. The summed E-state index contributed by atoms with van der Waals surface area (Å²) in [4.78, 5) is 31.7. The van der Waals surface area contributed by atoms with Gasteiger partial charge in [-0.05, 0) is 33.6 Å². The van der Waals surface area contributed by atoms with E-state index in [2.05, 4.69) is 4.99 Å². The van der Waals surface area contributed by atoms with Gasteiger partial charge in [-0.3, -0.25) is 9.59 Å². The maximum Gasteiger partial charge on any atom is 0.313 e. The molecule has 138 valence electrons. The Hall–Kier alpha value is -1.47. The molecule has 2 bridgehead atoms. The SMILES string of the molecule is COCCn1c(C)c(C)s/c1=N\C(=O)[C@]12CC[C@](C)(C(=O)O1)C2(C)C. The molecule has 0 radical (unpaired) electrons. The molecule has 1 aromatic rings. The van der Waals surface area contributed by atoms with Gasteiger partial charge in [-0.2, -0.15) is 4.99 Å². The molecule has 1 aliphatic heterocycles. The van der Waals surface area contributed by atoms with Gasteiger partial charge in [0.25, 0.3) is 5.91 Å². The second-order valence-electron chi connectivity index (χ2n) is 7.76. The molecule has 1 amide bonds. The number of rotatable bonds is 4. The van der Waals surface area contributed by atoms with E-state index in [9.17, 15) is 9.59 Å². The number of amides is 1. The number of hydrogen-bond donors (Lipinski definition) is 0. The van der Waals surface area contributed by atoms with Crippen LogP contribution in [0.1, 0.15) is 44.2 Å². The highest BCUT2D eigenvalue weighted by molar-refractivity contribution is 7.09. The number of fused-ring (bicyclic) bond motifs is 2. The molecule has 6 nitrogen and oxygen atoms in total. The molecule has 1 aromatic heterocycles. The Kier molecular flexibility index (Phi) is 4.23. The summed E-state index contributed by atoms with van der Waals surface area (Å²) < 4.78 is 12.8. The Balaban J connectivity index is 2.05. The highest BCUT2D eigenvalue weighted by atomic mass is 32.1. The van der Waals surface area contributed by atoms with Crippen molar-refractivity contribution in [2.24, 2.45) is 15.8 Å². The molecule has 2 fully saturated rings. The van der Waals surface area contributed by atoms with E-state index in [0.29, 0.717) is 30.8 Å². The third-order valence-electron chi connectivity index (χ3n) is 6.53. The van der Waals surface area contributed by atoms with Crippen molar-refractivity contribution in [3.8, 4) is 0 Å². The molecule has 2 atom stereocenters. The fraction of sp³-hybridized carbons (Fsp3) is 0.722. The van der Waals surface area contributed by atoms with Crippen LogP contribution in [0.3, 0.4) is 0 Å². The lowest BCUT2D eigenvalue weighted by Crippen LogP contribution is -2.47. The van der Waals surface area contributed by atoms with Crippen LogP contribution in [-0.4, -0.2) is 35.8 Å². The minimum absolute atomic E-state index is 0.280. The van der Waals surface area contributed by atoms with Crippen LogP contribution in [0.2, 0.25) is 0 Å². The van der Waals surface area contributed by atoms with Crippen LogP contribution in [0.4, 0.5) is 0 Å². The van der Waals surface area contributed by atoms with Crippen LogP contribution >= 0.6 is 11.3 Å². The van der Waals surface area contributed by atoms with E-state index in [4.69, 9.17) is 9.47 Å². The van der Waals surface area contributed by atoms with Crippen molar-refractivity contribution in [2.75, 3.05) is 13.7 Å². The average Bonchev–Trinajstić information content (AvgIpc) is 2.98. The first-order chi connectivity index (χ1) is 11.6. The van der Waals surface area contributed by atoms with Crippen molar-refractivity contribution >= 4 is 23.2 Å². The number of thiazole rings is 1. The first-order valence-electron chi connectivity index (χ1n) is 8.59. The Labute approximate surface area is 151 Å². The predicted molar refractivity (Wildman–Crippen MR) is 94.2 cm³/mol. The van der Waals surface area contributed by atoms with Gasteiger partial charge < -0.3 is 14.0 Å². The second-order valence-corrected chi connectivity index (χ2v) is 8.94. The van der Waals surface area contributed by atoms with Gasteiger partial charge in [-0.1, -0.05) is 13.8 Å². The molecular weight excluding hydrogens is 340 g/mol. The maximum absolute atomic E-state index is 13.2. The van der Waals surface area contributed by atoms with Crippen LogP contribution in [0.25, 0.3) is 0 Å². The fourth-order valence-electron chi connectivity index (χ4n) is 4.03. The minimum Gasteiger partial charge on any atom is -0.448 e. The number of esters is 1. The van der Waals surface area contributed by atoms with Crippen LogP contribution in [0, 0.1) is 24.7 Å². The van der Waals surface area contributed by atoms with Gasteiger partial charge in [0, 0.05) is 29.6 Å². The van der Waals surface area contributed by atoms with E-state index < -0.39 is 16.4 Å². The summed E-state index contributed by atoms with van der Waals surface area (Å²) in [6.07, 6.45) is 1.19. The van der Waals surface area contributed by atoms with E-state index in [1.165, 1.54) is 11.3 Å². The van der Waals surface area contributed by atoms with Crippen molar-refractivity contribution < 1.29 is 19.1 Å². The third kappa shape index (κ3) is 2.28. The smallest absolute Gasteiger partial charge is 0.313 e. The molecule has 2 heterocycles. The van der Waals surface area contributed by atoms with Crippen molar-refractivity contribution in [3.63, 3.8) is 0 Å². The number of aryl methyl sites for hydroxylation is 1. The molecule has 0 unspecified atom stereocenters. The largest absolute Gasteiger partial charge is 0.448 e. The summed E-state index contributed by atoms with van der Waals surface area (Å²) in [6.45, 7) is 11.0. The number of ether oxygens (including phenoxy) is 2. The highest BCUT2D eigenvalue weighted by Crippen LogP contribution is 2.65. The molecule has 0 spiro atoms. The standard InChI is InChI=1S/C18H26N2O4S/c1-11-12(2)25-15(20(11)9-10-23-6)19-13(21)18-8-7-17(5,14(22)24-18)16(18,3)4/h7-10H2,1-6H3/b19-15-/t17-,18+/m1/s1. The number of carbonyl (C=O) groups is 2. The van der Waals surface area contributed by atoms with Gasteiger partial charge in [0.1, 0.15) is 0 Å². The van der Waals surface area contributed by atoms with Gasteiger partial charge >= 0.3 is 5.97 Å². The molecule has 1 saturated heterocycles. The molecule has 1 aliphatic carbocycles.